The highest BCUT2D eigenvalue weighted by Crippen LogP contribution is 2.28. The molecule has 0 fully saturated rings. The number of nitrogens with zero attached hydrogens (tertiary/aromatic N) is 4. The number of halogens is 3. The SMILES string of the molecule is C[C@H](NC(=O)c1ccc2c(c1)c1nn(C)cc1c(=O)n2-c1ccc(OC(F)(F)F)cc1)c1ccccn1. The number of alkyl halides is 3. The Labute approximate surface area is 207 Å². The maximum atomic E-state index is 13.4. The van der Waals surface area contributed by atoms with Crippen LogP contribution in [0.3, 0.4) is 0 Å². The van der Waals surface area contributed by atoms with Crippen LogP contribution in [-0.2, 0) is 7.05 Å². The first-order valence-electron chi connectivity index (χ1n) is 11.2. The predicted octanol–water partition coefficient (Wildman–Crippen LogP) is 4.66. The molecule has 0 aliphatic heterocycles. The second-order valence-electron chi connectivity index (χ2n) is 8.43. The van der Waals surface area contributed by atoms with Crippen molar-refractivity contribution in [3.8, 4) is 11.4 Å². The first-order valence-corrected chi connectivity index (χ1v) is 11.2. The molecule has 1 amide bonds. The molecule has 8 nitrogen and oxygen atoms in total. The second kappa shape index (κ2) is 9.08. The van der Waals surface area contributed by atoms with E-state index in [1.54, 1.807) is 43.7 Å². The van der Waals surface area contributed by atoms with Crippen LogP contribution in [0.4, 0.5) is 13.2 Å². The van der Waals surface area contributed by atoms with Crippen LogP contribution in [0.25, 0.3) is 27.5 Å². The summed E-state index contributed by atoms with van der Waals surface area (Å²) in [5.74, 6) is -0.743. The Morgan fingerprint density at radius 2 is 1.81 bits per heavy atom. The molecule has 3 heterocycles. The Kier molecular flexibility index (Phi) is 5.90. The summed E-state index contributed by atoms with van der Waals surface area (Å²) in [4.78, 5) is 30.7. The molecule has 1 atom stereocenters. The molecular formula is C26H20F3N5O3. The molecule has 11 heteroatoms. The molecule has 5 rings (SSSR count). The van der Waals surface area contributed by atoms with Crippen molar-refractivity contribution in [2.75, 3.05) is 0 Å². The molecule has 0 aliphatic carbocycles. The van der Waals surface area contributed by atoms with Crippen molar-refractivity contribution in [3.63, 3.8) is 0 Å². The van der Waals surface area contributed by atoms with Crippen LogP contribution < -0.4 is 15.6 Å². The topological polar surface area (TPSA) is 91.0 Å². The minimum absolute atomic E-state index is 0.296. The van der Waals surface area contributed by atoms with Gasteiger partial charge in [-0.15, -0.1) is 13.2 Å². The fourth-order valence-corrected chi connectivity index (χ4v) is 4.17. The fraction of sp³-hybridized carbons (Fsp3) is 0.154. The number of aryl methyl sites for hydroxylation is 1. The summed E-state index contributed by atoms with van der Waals surface area (Å²) >= 11 is 0. The Bertz CT molecular complexity index is 1680. The van der Waals surface area contributed by atoms with E-state index in [2.05, 4.69) is 20.1 Å². The zero-order valence-electron chi connectivity index (χ0n) is 19.7. The number of benzene rings is 2. The number of hydrogen-bond donors (Lipinski definition) is 1. The van der Waals surface area contributed by atoms with Crippen molar-refractivity contribution in [1.29, 1.82) is 0 Å². The van der Waals surface area contributed by atoms with Gasteiger partial charge in [-0.05, 0) is 61.5 Å². The molecule has 0 unspecified atom stereocenters. The van der Waals surface area contributed by atoms with Gasteiger partial charge in [-0.2, -0.15) is 5.10 Å². The third-order valence-electron chi connectivity index (χ3n) is 5.82. The summed E-state index contributed by atoms with van der Waals surface area (Å²) in [5.41, 5.74) is 1.83. The fourth-order valence-electron chi connectivity index (χ4n) is 4.17. The van der Waals surface area contributed by atoms with E-state index >= 15 is 0 Å². The summed E-state index contributed by atoms with van der Waals surface area (Å²) in [6.07, 6.45) is -1.62. The number of rotatable bonds is 5. The van der Waals surface area contributed by atoms with Crippen molar-refractivity contribution in [1.82, 2.24) is 24.6 Å². The molecule has 37 heavy (non-hydrogen) atoms. The summed E-state index contributed by atoms with van der Waals surface area (Å²) in [7, 11) is 1.67. The average molecular weight is 507 g/mol. The molecule has 0 spiro atoms. The predicted molar refractivity (Wildman–Crippen MR) is 131 cm³/mol. The Hall–Kier alpha value is -4.67. The first-order chi connectivity index (χ1) is 17.6. The molecule has 0 bridgehead atoms. The lowest BCUT2D eigenvalue weighted by Crippen LogP contribution is -2.27. The molecule has 0 radical (unpaired) electrons. The molecular weight excluding hydrogens is 487 g/mol. The van der Waals surface area contributed by atoms with Gasteiger partial charge in [0.25, 0.3) is 11.5 Å². The number of pyridine rings is 2. The molecule has 188 valence electrons. The van der Waals surface area contributed by atoms with Crippen LogP contribution >= 0.6 is 0 Å². The maximum Gasteiger partial charge on any atom is 0.573 e. The highest BCUT2D eigenvalue weighted by atomic mass is 19.4. The van der Waals surface area contributed by atoms with Crippen LogP contribution in [0.5, 0.6) is 5.75 Å². The highest BCUT2D eigenvalue weighted by Gasteiger charge is 2.31. The van der Waals surface area contributed by atoms with E-state index in [4.69, 9.17) is 0 Å². The van der Waals surface area contributed by atoms with Gasteiger partial charge in [-0.3, -0.25) is 23.8 Å². The highest BCUT2D eigenvalue weighted by molar-refractivity contribution is 6.07. The largest absolute Gasteiger partial charge is 0.573 e. The van der Waals surface area contributed by atoms with Gasteiger partial charge in [0.05, 0.1) is 22.6 Å². The molecule has 1 N–H and O–H groups in total. The minimum Gasteiger partial charge on any atom is -0.406 e. The average Bonchev–Trinajstić information content (AvgIpc) is 3.26. The van der Waals surface area contributed by atoms with Gasteiger partial charge in [0.15, 0.2) is 0 Å². The molecule has 0 aliphatic rings. The van der Waals surface area contributed by atoms with Crippen LogP contribution in [-0.4, -0.2) is 31.6 Å². The smallest absolute Gasteiger partial charge is 0.406 e. The van der Waals surface area contributed by atoms with E-state index in [1.165, 1.54) is 21.4 Å². The van der Waals surface area contributed by atoms with E-state index < -0.39 is 17.7 Å². The lowest BCUT2D eigenvalue weighted by Gasteiger charge is -2.15. The first kappa shape index (κ1) is 24.0. The van der Waals surface area contributed by atoms with Gasteiger partial charge < -0.3 is 10.1 Å². The van der Waals surface area contributed by atoms with Crippen LogP contribution in [0.2, 0.25) is 0 Å². The van der Waals surface area contributed by atoms with Crippen molar-refractivity contribution >= 4 is 27.7 Å². The molecule has 0 saturated carbocycles. The lowest BCUT2D eigenvalue weighted by atomic mass is 10.1. The standard InChI is InChI=1S/C26H20F3N5O3/c1-15(21-5-3-4-12-30-21)31-24(35)16-6-11-22-19(13-16)23-20(14-33(2)32-23)25(36)34(22)17-7-9-18(10-8-17)37-26(27,28)29/h3-15H,1-2H3,(H,31,35)/t15-/m0/s1. The van der Waals surface area contributed by atoms with E-state index in [0.717, 1.165) is 12.1 Å². The quantitative estimate of drug-likeness (QED) is 0.374. The normalized spacial score (nSPS) is 12.6. The van der Waals surface area contributed by atoms with Gasteiger partial charge in [0.1, 0.15) is 11.3 Å². The van der Waals surface area contributed by atoms with Gasteiger partial charge >= 0.3 is 6.36 Å². The van der Waals surface area contributed by atoms with Gasteiger partial charge in [-0.25, -0.2) is 0 Å². The number of amides is 1. The number of fused-ring (bicyclic) bond motifs is 3. The zero-order valence-corrected chi connectivity index (χ0v) is 19.7. The Morgan fingerprint density at radius 3 is 2.49 bits per heavy atom. The van der Waals surface area contributed by atoms with Crippen LogP contribution in [0.1, 0.15) is 29.0 Å². The summed E-state index contributed by atoms with van der Waals surface area (Å²) in [6, 6.07) is 14.9. The monoisotopic (exact) mass is 507 g/mol. The number of ether oxygens (including phenoxy) is 1. The second-order valence-corrected chi connectivity index (χ2v) is 8.43. The van der Waals surface area contributed by atoms with E-state index in [-0.39, 0.29) is 11.9 Å². The molecule has 5 aromatic rings. The Morgan fingerprint density at radius 1 is 1.05 bits per heavy atom. The molecule has 0 saturated heterocycles. The van der Waals surface area contributed by atoms with Crippen molar-refractivity contribution in [2.45, 2.75) is 19.3 Å². The molecule has 3 aromatic heterocycles. The molecule has 2 aromatic carbocycles. The third kappa shape index (κ3) is 4.75. The van der Waals surface area contributed by atoms with Crippen molar-refractivity contribution in [3.05, 3.63) is 94.7 Å². The minimum atomic E-state index is -4.83. The number of carbonyl (C=O) groups excluding carboxylic acids is 1. The van der Waals surface area contributed by atoms with Crippen molar-refractivity contribution in [2.24, 2.45) is 7.05 Å². The van der Waals surface area contributed by atoms with Crippen LogP contribution in [0.15, 0.2) is 77.9 Å². The van der Waals surface area contributed by atoms with Crippen molar-refractivity contribution < 1.29 is 22.7 Å². The number of hydrogen-bond acceptors (Lipinski definition) is 5. The van der Waals surface area contributed by atoms with Gasteiger partial charge in [0, 0.05) is 36.1 Å². The maximum absolute atomic E-state index is 13.4. The zero-order chi connectivity index (χ0) is 26.3. The Balaban J connectivity index is 1.60. The summed E-state index contributed by atoms with van der Waals surface area (Å²) in [6.45, 7) is 1.82. The lowest BCUT2D eigenvalue weighted by molar-refractivity contribution is -0.274. The summed E-state index contributed by atoms with van der Waals surface area (Å²) in [5, 5.41) is 8.16. The van der Waals surface area contributed by atoms with Gasteiger partial charge in [-0.1, -0.05) is 6.07 Å². The third-order valence-corrected chi connectivity index (χ3v) is 5.82. The van der Waals surface area contributed by atoms with Gasteiger partial charge in [0.2, 0.25) is 0 Å². The van der Waals surface area contributed by atoms with Crippen LogP contribution in [0, 0.1) is 0 Å². The van der Waals surface area contributed by atoms with E-state index in [1.807, 2.05) is 19.1 Å². The summed E-state index contributed by atoms with van der Waals surface area (Å²) < 4.78 is 44.5. The van der Waals surface area contributed by atoms with E-state index in [9.17, 15) is 22.8 Å². The number of aromatic nitrogens is 4. The van der Waals surface area contributed by atoms with E-state index in [0.29, 0.717) is 38.8 Å². The number of nitrogens with one attached hydrogen (secondary N) is 1. The number of carbonyl (C=O) groups is 1.